The number of nitro benzene ring substituents is 1. The minimum Gasteiger partial charge on any atom is -0.494 e. The maximum Gasteiger partial charge on any atom is 0.273 e. The summed E-state index contributed by atoms with van der Waals surface area (Å²) in [7, 11) is 1.38. The highest BCUT2D eigenvalue weighted by atomic mass is 16.6. The van der Waals surface area contributed by atoms with E-state index in [1.165, 1.54) is 25.3 Å². The van der Waals surface area contributed by atoms with Crippen LogP contribution in [0.3, 0.4) is 0 Å². The van der Waals surface area contributed by atoms with E-state index in [2.05, 4.69) is 15.3 Å². The normalized spacial score (nSPS) is 10.8. The summed E-state index contributed by atoms with van der Waals surface area (Å²) in [5.41, 5.74) is 3.03. The number of nitro groups is 1. The molecule has 0 aliphatic carbocycles. The number of aromatic nitrogens is 2. The lowest BCUT2D eigenvalue weighted by Crippen LogP contribution is -2.14. The molecule has 138 valence electrons. The molecular formula is C20H14N4O4. The Morgan fingerprint density at radius 3 is 2.43 bits per heavy atom. The van der Waals surface area contributed by atoms with E-state index in [1.54, 1.807) is 18.2 Å². The van der Waals surface area contributed by atoms with E-state index in [9.17, 15) is 14.9 Å². The molecule has 8 nitrogen and oxygen atoms in total. The zero-order valence-electron chi connectivity index (χ0n) is 14.7. The van der Waals surface area contributed by atoms with Crippen LogP contribution in [0.1, 0.15) is 10.4 Å². The molecule has 4 rings (SSSR count). The molecule has 0 unspecified atom stereocenters. The number of fused-ring (bicyclic) bond motifs is 2. The van der Waals surface area contributed by atoms with Gasteiger partial charge >= 0.3 is 0 Å². The Kier molecular flexibility index (Phi) is 4.29. The fraction of sp³-hybridized carbons (Fsp3) is 0.0500. The maximum atomic E-state index is 12.9. The van der Waals surface area contributed by atoms with Crippen LogP contribution < -0.4 is 10.1 Å². The van der Waals surface area contributed by atoms with Gasteiger partial charge in [-0.1, -0.05) is 18.2 Å². The Hall–Kier alpha value is -4.07. The van der Waals surface area contributed by atoms with Crippen LogP contribution in [0.25, 0.3) is 22.1 Å². The van der Waals surface area contributed by atoms with Gasteiger partial charge in [-0.2, -0.15) is 0 Å². The van der Waals surface area contributed by atoms with Crippen molar-refractivity contribution in [1.82, 2.24) is 9.97 Å². The third-order valence-electron chi connectivity index (χ3n) is 4.26. The van der Waals surface area contributed by atoms with Crippen LogP contribution in [0.2, 0.25) is 0 Å². The van der Waals surface area contributed by atoms with Crippen molar-refractivity contribution in [3.8, 4) is 5.75 Å². The first-order chi connectivity index (χ1) is 13.6. The standard InChI is InChI=1S/C20H14N4O4/c1-28-18-11-12(24(26)27)9-10-16(18)23-20(25)13-5-4-8-17-19(13)22-15-7-3-2-6-14(15)21-17/h2-11H,1H3,(H,23,25). The summed E-state index contributed by atoms with van der Waals surface area (Å²) in [6.07, 6.45) is 0. The number of ether oxygens (including phenoxy) is 1. The van der Waals surface area contributed by atoms with Gasteiger partial charge in [0.2, 0.25) is 0 Å². The summed E-state index contributed by atoms with van der Waals surface area (Å²) in [6, 6.07) is 16.6. The number of benzene rings is 3. The molecule has 0 atom stereocenters. The van der Waals surface area contributed by atoms with E-state index in [-0.39, 0.29) is 11.4 Å². The van der Waals surface area contributed by atoms with Gasteiger partial charge in [-0.3, -0.25) is 14.9 Å². The van der Waals surface area contributed by atoms with Crippen molar-refractivity contribution in [1.29, 1.82) is 0 Å². The number of non-ortho nitro benzene ring substituents is 1. The van der Waals surface area contributed by atoms with Crippen LogP contribution in [-0.4, -0.2) is 27.9 Å². The molecule has 1 aromatic heterocycles. The van der Waals surface area contributed by atoms with Crippen molar-refractivity contribution in [2.75, 3.05) is 12.4 Å². The van der Waals surface area contributed by atoms with Crippen molar-refractivity contribution in [3.05, 3.63) is 76.3 Å². The van der Waals surface area contributed by atoms with Gasteiger partial charge in [0.25, 0.3) is 11.6 Å². The Balaban J connectivity index is 1.75. The van der Waals surface area contributed by atoms with Crippen LogP contribution >= 0.6 is 0 Å². The topological polar surface area (TPSA) is 107 Å². The second-order valence-corrected chi connectivity index (χ2v) is 5.98. The SMILES string of the molecule is COc1cc([N+](=O)[O-])ccc1NC(=O)c1cccc2nc3ccccc3nc12. The molecule has 0 fully saturated rings. The highest BCUT2D eigenvalue weighted by Gasteiger charge is 2.17. The molecule has 0 spiro atoms. The molecule has 0 radical (unpaired) electrons. The smallest absolute Gasteiger partial charge is 0.273 e. The fourth-order valence-electron chi connectivity index (χ4n) is 2.91. The molecule has 0 saturated carbocycles. The Morgan fingerprint density at radius 1 is 1.00 bits per heavy atom. The second-order valence-electron chi connectivity index (χ2n) is 5.98. The minimum absolute atomic E-state index is 0.127. The lowest BCUT2D eigenvalue weighted by Gasteiger charge is -2.11. The molecule has 0 bridgehead atoms. The highest BCUT2D eigenvalue weighted by Crippen LogP contribution is 2.30. The van der Waals surface area contributed by atoms with Crippen molar-refractivity contribution in [3.63, 3.8) is 0 Å². The van der Waals surface area contributed by atoms with E-state index < -0.39 is 10.8 Å². The number of para-hydroxylation sites is 3. The summed E-state index contributed by atoms with van der Waals surface area (Å²) in [4.78, 5) is 32.4. The van der Waals surface area contributed by atoms with Gasteiger partial charge in [0, 0.05) is 6.07 Å². The average Bonchev–Trinajstić information content (AvgIpc) is 2.71. The number of nitrogens with one attached hydrogen (secondary N) is 1. The van der Waals surface area contributed by atoms with Crippen molar-refractivity contribution in [2.45, 2.75) is 0 Å². The van der Waals surface area contributed by atoms with E-state index >= 15 is 0 Å². The molecule has 28 heavy (non-hydrogen) atoms. The molecule has 8 heteroatoms. The number of amides is 1. The van der Waals surface area contributed by atoms with E-state index in [0.717, 1.165) is 5.52 Å². The lowest BCUT2D eigenvalue weighted by atomic mass is 10.1. The molecule has 3 aromatic carbocycles. The Labute approximate surface area is 158 Å². The van der Waals surface area contributed by atoms with Crippen LogP contribution in [0.5, 0.6) is 5.75 Å². The van der Waals surface area contributed by atoms with Gasteiger partial charge in [-0.25, -0.2) is 9.97 Å². The number of carbonyl (C=O) groups excluding carboxylic acids is 1. The minimum atomic E-state index is -0.528. The Morgan fingerprint density at radius 2 is 1.71 bits per heavy atom. The highest BCUT2D eigenvalue weighted by molar-refractivity contribution is 6.12. The summed E-state index contributed by atoms with van der Waals surface area (Å²) in [5.74, 6) is -0.221. The van der Waals surface area contributed by atoms with Crippen molar-refractivity contribution >= 4 is 39.3 Å². The van der Waals surface area contributed by atoms with Crippen LogP contribution in [0.4, 0.5) is 11.4 Å². The van der Waals surface area contributed by atoms with Gasteiger partial charge in [0.15, 0.2) is 0 Å². The zero-order valence-corrected chi connectivity index (χ0v) is 14.7. The summed E-state index contributed by atoms with van der Waals surface area (Å²) in [5, 5.41) is 13.7. The summed E-state index contributed by atoms with van der Waals surface area (Å²) < 4.78 is 5.17. The number of methoxy groups -OCH3 is 1. The fourth-order valence-corrected chi connectivity index (χ4v) is 2.91. The lowest BCUT2D eigenvalue weighted by molar-refractivity contribution is -0.384. The number of hydrogen-bond donors (Lipinski definition) is 1. The van der Waals surface area contributed by atoms with Gasteiger partial charge in [-0.15, -0.1) is 0 Å². The number of rotatable bonds is 4. The van der Waals surface area contributed by atoms with Crippen molar-refractivity contribution < 1.29 is 14.5 Å². The molecular weight excluding hydrogens is 360 g/mol. The molecule has 0 saturated heterocycles. The predicted octanol–water partition coefficient (Wildman–Crippen LogP) is 3.95. The first-order valence-corrected chi connectivity index (χ1v) is 8.36. The molecule has 1 N–H and O–H groups in total. The third-order valence-corrected chi connectivity index (χ3v) is 4.26. The zero-order chi connectivity index (χ0) is 19.7. The monoisotopic (exact) mass is 374 g/mol. The molecule has 0 aliphatic rings. The number of anilines is 1. The van der Waals surface area contributed by atoms with Crippen molar-refractivity contribution in [2.24, 2.45) is 0 Å². The maximum absolute atomic E-state index is 12.9. The molecule has 1 amide bonds. The number of nitrogens with zero attached hydrogens (tertiary/aromatic N) is 3. The van der Waals surface area contributed by atoms with Crippen LogP contribution in [-0.2, 0) is 0 Å². The molecule has 0 aliphatic heterocycles. The van der Waals surface area contributed by atoms with Gasteiger partial charge in [0.05, 0.1) is 45.9 Å². The predicted molar refractivity (Wildman–Crippen MR) is 105 cm³/mol. The van der Waals surface area contributed by atoms with Gasteiger partial charge in [0.1, 0.15) is 11.3 Å². The first-order valence-electron chi connectivity index (χ1n) is 8.36. The summed E-state index contributed by atoms with van der Waals surface area (Å²) >= 11 is 0. The van der Waals surface area contributed by atoms with Gasteiger partial charge < -0.3 is 10.1 Å². The molecule has 4 aromatic rings. The third kappa shape index (κ3) is 3.07. The van der Waals surface area contributed by atoms with E-state index in [1.807, 2.05) is 24.3 Å². The van der Waals surface area contributed by atoms with Crippen LogP contribution in [0.15, 0.2) is 60.7 Å². The number of carbonyl (C=O) groups is 1. The quantitative estimate of drug-likeness (QED) is 0.329. The molecule has 1 heterocycles. The second kappa shape index (κ2) is 6.92. The van der Waals surface area contributed by atoms with E-state index in [0.29, 0.717) is 27.8 Å². The number of hydrogen-bond acceptors (Lipinski definition) is 6. The van der Waals surface area contributed by atoms with Crippen LogP contribution in [0, 0.1) is 10.1 Å². The average molecular weight is 374 g/mol. The largest absolute Gasteiger partial charge is 0.494 e. The summed E-state index contributed by atoms with van der Waals surface area (Å²) in [6.45, 7) is 0. The Bertz CT molecular complexity index is 1240. The first kappa shape index (κ1) is 17.3. The van der Waals surface area contributed by atoms with Gasteiger partial charge in [-0.05, 0) is 30.3 Å². The van der Waals surface area contributed by atoms with E-state index in [4.69, 9.17) is 4.74 Å².